The van der Waals surface area contributed by atoms with Crippen LogP contribution in [0.25, 0.3) is 17.1 Å². The number of nitrogens with zero attached hydrogens (tertiary/aromatic N) is 5. The van der Waals surface area contributed by atoms with Crippen LogP contribution < -0.4 is 0 Å². The SMILES string of the molecule is CN(CCC#N)C(=O)COC(=O)CSc1nnc(-c2ccc(F)cc2)n1-c1ccccc1. The van der Waals surface area contributed by atoms with E-state index < -0.39 is 12.6 Å². The van der Waals surface area contributed by atoms with E-state index in [2.05, 4.69) is 10.2 Å². The Morgan fingerprint density at radius 1 is 1.16 bits per heavy atom. The molecule has 0 bridgehead atoms. The summed E-state index contributed by atoms with van der Waals surface area (Å²) >= 11 is 1.12. The molecule has 8 nitrogen and oxygen atoms in total. The molecule has 2 aromatic carbocycles. The third-order valence-corrected chi connectivity index (χ3v) is 5.31. The molecule has 0 atom stereocenters. The summed E-state index contributed by atoms with van der Waals surface area (Å²) in [5, 5.41) is 17.4. The van der Waals surface area contributed by atoms with E-state index >= 15 is 0 Å². The van der Waals surface area contributed by atoms with Gasteiger partial charge in [0.1, 0.15) is 5.82 Å². The van der Waals surface area contributed by atoms with Crippen LogP contribution in [0.3, 0.4) is 0 Å². The van der Waals surface area contributed by atoms with Gasteiger partial charge < -0.3 is 9.64 Å². The molecule has 0 aliphatic carbocycles. The highest BCUT2D eigenvalue weighted by Gasteiger charge is 2.18. The second kappa shape index (κ2) is 11.1. The number of ether oxygens (including phenoxy) is 1. The Kier molecular flexibility index (Phi) is 7.94. The molecule has 3 aromatic rings. The zero-order valence-electron chi connectivity index (χ0n) is 17.3. The molecule has 0 fully saturated rings. The molecule has 0 saturated heterocycles. The van der Waals surface area contributed by atoms with E-state index in [0.717, 1.165) is 17.4 Å². The number of para-hydroxylation sites is 1. The Hall–Kier alpha value is -3.71. The fourth-order valence-electron chi connectivity index (χ4n) is 2.72. The van der Waals surface area contributed by atoms with Crippen molar-refractivity contribution in [3.8, 4) is 23.1 Å². The number of aromatic nitrogens is 3. The molecule has 10 heteroatoms. The van der Waals surface area contributed by atoms with Crippen LogP contribution in [0.1, 0.15) is 6.42 Å². The van der Waals surface area contributed by atoms with Crippen molar-refractivity contribution in [1.29, 1.82) is 5.26 Å². The Bertz CT molecular complexity index is 1110. The number of amides is 1. The summed E-state index contributed by atoms with van der Waals surface area (Å²) in [5.74, 6) is -0.900. The molecule has 0 radical (unpaired) electrons. The zero-order chi connectivity index (χ0) is 22.9. The number of hydrogen-bond acceptors (Lipinski definition) is 7. The number of halogens is 1. The van der Waals surface area contributed by atoms with Crippen molar-refractivity contribution in [3.63, 3.8) is 0 Å². The number of carbonyl (C=O) groups excluding carboxylic acids is 2. The number of thioether (sulfide) groups is 1. The number of benzene rings is 2. The Labute approximate surface area is 188 Å². The Morgan fingerprint density at radius 3 is 2.56 bits per heavy atom. The van der Waals surface area contributed by atoms with Gasteiger partial charge in [0.2, 0.25) is 0 Å². The second-order valence-corrected chi connectivity index (χ2v) is 7.60. The molecular weight excluding hydrogens is 433 g/mol. The first-order valence-corrected chi connectivity index (χ1v) is 10.6. The summed E-state index contributed by atoms with van der Waals surface area (Å²) in [4.78, 5) is 25.4. The first-order valence-electron chi connectivity index (χ1n) is 9.65. The van der Waals surface area contributed by atoms with Crippen LogP contribution in [0.5, 0.6) is 0 Å². The van der Waals surface area contributed by atoms with Gasteiger partial charge in [-0.05, 0) is 36.4 Å². The van der Waals surface area contributed by atoms with Gasteiger partial charge in [0.15, 0.2) is 17.6 Å². The van der Waals surface area contributed by atoms with Crippen LogP contribution in [0.4, 0.5) is 4.39 Å². The molecule has 3 rings (SSSR count). The highest BCUT2D eigenvalue weighted by atomic mass is 32.2. The molecule has 0 aliphatic rings. The van der Waals surface area contributed by atoms with Crippen molar-refractivity contribution in [1.82, 2.24) is 19.7 Å². The molecule has 0 aliphatic heterocycles. The number of carbonyl (C=O) groups is 2. The monoisotopic (exact) mass is 453 g/mol. The lowest BCUT2D eigenvalue weighted by Crippen LogP contribution is -2.32. The maximum Gasteiger partial charge on any atom is 0.316 e. The molecule has 1 aromatic heterocycles. The van der Waals surface area contributed by atoms with E-state index in [0.29, 0.717) is 16.5 Å². The summed E-state index contributed by atoms with van der Waals surface area (Å²) in [7, 11) is 1.54. The van der Waals surface area contributed by atoms with Gasteiger partial charge in [0.05, 0.1) is 18.2 Å². The molecular formula is C22H20FN5O3S. The molecule has 1 heterocycles. The van der Waals surface area contributed by atoms with E-state index in [1.165, 1.54) is 17.0 Å². The predicted molar refractivity (Wildman–Crippen MR) is 116 cm³/mol. The first-order chi connectivity index (χ1) is 15.5. The van der Waals surface area contributed by atoms with Crippen LogP contribution in [0.15, 0.2) is 59.8 Å². The van der Waals surface area contributed by atoms with Crippen molar-refractivity contribution in [2.45, 2.75) is 11.6 Å². The van der Waals surface area contributed by atoms with Crippen molar-refractivity contribution in [2.75, 3.05) is 26.0 Å². The lowest BCUT2D eigenvalue weighted by Gasteiger charge is -2.15. The van der Waals surface area contributed by atoms with Gasteiger partial charge in [-0.15, -0.1) is 10.2 Å². The molecule has 1 amide bonds. The van der Waals surface area contributed by atoms with Crippen LogP contribution in [-0.2, 0) is 14.3 Å². The van der Waals surface area contributed by atoms with Gasteiger partial charge in [-0.3, -0.25) is 14.2 Å². The van der Waals surface area contributed by atoms with E-state index in [-0.39, 0.29) is 30.4 Å². The topological polar surface area (TPSA) is 101 Å². The van der Waals surface area contributed by atoms with E-state index in [1.807, 2.05) is 36.4 Å². The fraction of sp³-hybridized carbons (Fsp3) is 0.227. The van der Waals surface area contributed by atoms with Gasteiger partial charge >= 0.3 is 5.97 Å². The van der Waals surface area contributed by atoms with Gasteiger partial charge in [-0.25, -0.2) is 4.39 Å². The minimum Gasteiger partial charge on any atom is -0.455 e. The summed E-state index contributed by atoms with van der Waals surface area (Å²) in [6, 6.07) is 17.2. The number of rotatable bonds is 9. The quantitative estimate of drug-likeness (QED) is 0.362. The number of hydrogen-bond donors (Lipinski definition) is 0. The lowest BCUT2D eigenvalue weighted by atomic mass is 10.2. The van der Waals surface area contributed by atoms with Gasteiger partial charge in [0.25, 0.3) is 5.91 Å². The average Bonchev–Trinajstić information content (AvgIpc) is 3.24. The summed E-state index contributed by atoms with van der Waals surface area (Å²) in [6.45, 7) is -0.124. The molecule has 0 unspecified atom stereocenters. The van der Waals surface area contributed by atoms with Gasteiger partial charge in [-0.1, -0.05) is 30.0 Å². The van der Waals surface area contributed by atoms with Gasteiger partial charge in [-0.2, -0.15) is 5.26 Å². The van der Waals surface area contributed by atoms with Crippen LogP contribution in [-0.4, -0.2) is 57.5 Å². The smallest absolute Gasteiger partial charge is 0.316 e. The van der Waals surface area contributed by atoms with Crippen molar-refractivity contribution < 1.29 is 18.7 Å². The van der Waals surface area contributed by atoms with E-state index in [4.69, 9.17) is 10.00 Å². The highest BCUT2D eigenvalue weighted by Crippen LogP contribution is 2.28. The zero-order valence-corrected chi connectivity index (χ0v) is 18.1. The first kappa shape index (κ1) is 23.0. The summed E-state index contributed by atoms with van der Waals surface area (Å²) in [6.07, 6.45) is 0.206. The third-order valence-electron chi connectivity index (χ3n) is 4.41. The minimum atomic E-state index is -0.581. The fourth-order valence-corrected chi connectivity index (χ4v) is 3.47. The second-order valence-electron chi connectivity index (χ2n) is 6.66. The largest absolute Gasteiger partial charge is 0.455 e. The van der Waals surface area contributed by atoms with Crippen LogP contribution >= 0.6 is 11.8 Å². The standard InChI is InChI=1S/C22H20FN5O3S/c1-27(13-5-12-24)19(29)14-31-20(30)15-32-22-26-25-21(16-8-10-17(23)11-9-16)28(22)18-6-3-2-4-7-18/h2-4,6-11H,5,13-15H2,1H3. The highest BCUT2D eigenvalue weighted by molar-refractivity contribution is 7.99. The van der Waals surface area contributed by atoms with Crippen LogP contribution in [0, 0.1) is 17.1 Å². The average molecular weight is 453 g/mol. The number of nitriles is 1. The Balaban J connectivity index is 1.70. The summed E-state index contributed by atoms with van der Waals surface area (Å²) in [5.41, 5.74) is 1.45. The number of esters is 1. The molecule has 0 saturated carbocycles. The predicted octanol–water partition coefficient (Wildman–Crippen LogP) is 3.08. The van der Waals surface area contributed by atoms with Crippen molar-refractivity contribution in [3.05, 3.63) is 60.4 Å². The molecule has 164 valence electrons. The molecule has 0 N–H and O–H groups in total. The van der Waals surface area contributed by atoms with E-state index in [1.54, 1.807) is 23.7 Å². The van der Waals surface area contributed by atoms with Crippen molar-refractivity contribution in [2.24, 2.45) is 0 Å². The lowest BCUT2D eigenvalue weighted by molar-refractivity contribution is -0.149. The van der Waals surface area contributed by atoms with Gasteiger partial charge in [0, 0.05) is 24.8 Å². The van der Waals surface area contributed by atoms with E-state index in [9.17, 15) is 14.0 Å². The maximum atomic E-state index is 13.3. The van der Waals surface area contributed by atoms with Crippen LogP contribution in [0.2, 0.25) is 0 Å². The Morgan fingerprint density at radius 2 is 1.88 bits per heavy atom. The maximum absolute atomic E-state index is 13.3. The molecule has 32 heavy (non-hydrogen) atoms. The normalized spacial score (nSPS) is 10.4. The number of likely N-dealkylation sites (N-methyl/N-ethyl adjacent to an activating group) is 1. The molecule has 0 spiro atoms. The third kappa shape index (κ3) is 5.92. The minimum absolute atomic E-state index is 0.0798. The summed E-state index contributed by atoms with van der Waals surface area (Å²) < 4.78 is 20.2. The van der Waals surface area contributed by atoms with Crippen molar-refractivity contribution >= 4 is 23.6 Å².